The maximum Gasteiger partial charge on any atom is 0.123 e. The Morgan fingerprint density at radius 1 is 1.11 bits per heavy atom. The zero-order valence-corrected chi connectivity index (χ0v) is 7.09. The number of phenols is 1. The maximum atomic E-state index is 12.0. The summed E-state index contributed by atoms with van der Waals surface area (Å²) in [6.45, 7) is 0. The average molecular weight is 203 g/mol. The monoisotopic (exact) mass is 202 g/mol. The second-order valence-corrected chi connectivity index (χ2v) is 1.48. The first kappa shape index (κ1) is 8.83. The van der Waals surface area contributed by atoms with Gasteiger partial charge in [-0.25, -0.2) is 4.39 Å². The molecule has 0 fully saturated rings. The van der Waals surface area contributed by atoms with Crippen LogP contribution in [0, 0.1) is 5.82 Å². The molecule has 0 aromatic heterocycles. The van der Waals surface area contributed by atoms with E-state index in [0.717, 1.165) is 0 Å². The number of hydrogen-bond acceptors (Lipinski definition) is 1. The van der Waals surface area contributed by atoms with E-state index in [1.165, 1.54) is 24.3 Å². The summed E-state index contributed by atoms with van der Waals surface area (Å²) in [7, 11) is 0. The number of benzene rings is 1. The molecule has 0 saturated heterocycles. The molecule has 0 atom stereocenters. The van der Waals surface area contributed by atoms with E-state index in [9.17, 15) is 4.39 Å². The van der Waals surface area contributed by atoms with Gasteiger partial charge in [0.15, 0.2) is 0 Å². The van der Waals surface area contributed by atoms with Gasteiger partial charge in [0.2, 0.25) is 0 Å². The molecule has 1 N–H and O–H groups in total. The van der Waals surface area contributed by atoms with E-state index in [4.69, 9.17) is 5.11 Å². The van der Waals surface area contributed by atoms with E-state index < -0.39 is 0 Å². The summed E-state index contributed by atoms with van der Waals surface area (Å²) in [5.41, 5.74) is 0. The van der Waals surface area contributed by atoms with Gasteiger partial charge < -0.3 is 5.11 Å². The number of hydrogen-bond donors (Lipinski definition) is 1. The molecule has 0 heterocycles. The molecule has 0 spiro atoms. The number of halogens is 1. The predicted molar refractivity (Wildman–Crippen MR) is 28.1 cm³/mol. The Bertz CT molecular complexity index is 152. The van der Waals surface area contributed by atoms with Crippen LogP contribution in [0.5, 0.6) is 5.75 Å². The Labute approximate surface area is 71.6 Å². The largest absolute Gasteiger partial charge is 0.508 e. The van der Waals surface area contributed by atoms with Gasteiger partial charge in [0.1, 0.15) is 11.6 Å². The number of aromatic hydroxyl groups is 1. The first-order valence-electron chi connectivity index (χ1n) is 2.23. The molecule has 0 unspecified atom stereocenters. The summed E-state index contributed by atoms with van der Waals surface area (Å²) < 4.78 is 12.0. The standard InChI is InChI=1S/C6H5FO.Zr/c7-5-1-3-6(8)4-2-5;/h1-4,8H;. The minimum atomic E-state index is -0.331. The zero-order chi connectivity index (χ0) is 5.98. The molecule has 1 nitrogen and oxygen atoms in total. The summed E-state index contributed by atoms with van der Waals surface area (Å²) in [5, 5.41) is 8.59. The van der Waals surface area contributed by atoms with Gasteiger partial charge in [-0.3, -0.25) is 0 Å². The molecule has 46 valence electrons. The Kier molecular flexibility index (Phi) is 3.71. The molecule has 0 aliphatic heterocycles. The van der Waals surface area contributed by atoms with Crippen molar-refractivity contribution in [3.63, 3.8) is 0 Å². The summed E-state index contributed by atoms with van der Waals surface area (Å²) in [4.78, 5) is 0. The van der Waals surface area contributed by atoms with E-state index in [-0.39, 0.29) is 37.8 Å². The van der Waals surface area contributed by atoms with Crippen LogP contribution in [0.3, 0.4) is 0 Å². The molecule has 0 amide bonds. The second kappa shape index (κ2) is 3.78. The molecular formula is C6H5FOZr. The van der Waals surface area contributed by atoms with Gasteiger partial charge in [-0.05, 0) is 24.3 Å². The third-order valence-corrected chi connectivity index (χ3v) is 0.827. The molecule has 0 radical (unpaired) electrons. The number of phenolic OH excluding ortho intramolecular Hbond substituents is 1. The quantitative estimate of drug-likeness (QED) is 0.678. The van der Waals surface area contributed by atoms with Crippen LogP contribution in [0.4, 0.5) is 4.39 Å². The Hall–Kier alpha value is -0.167. The van der Waals surface area contributed by atoms with Crippen LogP contribution in [0.1, 0.15) is 0 Å². The van der Waals surface area contributed by atoms with Crippen molar-refractivity contribution in [3.05, 3.63) is 30.1 Å². The van der Waals surface area contributed by atoms with Crippen molar-refractivity contribution in [1.82, 2.24) is 0 Å². The van der Waals surface area contributed by atoms with E-state index in [0.29, 0.717) is 0 Å². The minimum Gasteiger partial charge on any atom is -0.508 e. The van der Waals surface area contributed by atoms with Crippen LogP contribution in [-0.2, 0) is 26.2 Å². The topological polar surface area (TPSA) is 20.2 Å². The molecule has 0 bridgehead atoms. The van der Waals surface area contributed by atoms with Crippen molar-refractivity contribution in [1.29, 1.82) is 0 Å². The van der Waals surface area contributed by atoms with Gasteiger partial charge in [-0.15, -0.1) is 0 Å². The van der Waals surface area contributed by atoms with E-state index >= 15 is 0 Å². The second-order valence-electron chi connectivity index (χ2n) is 1.48. The Morgan fingerprint density at radius 2 is 1.56 bits per heavy atom. The molecule has 9 heavy (non-hydrogen) atoms. The normalized spacial score (nSPS) is 8.11. The van der Waals surface area contributed by atoms with Crippen molar-refractivity contribution in [2.45, 2.75) is 0 Å². The molecule has 0 aliphatic rings. The molecule has 0 aliphatic carbocycles. The molecular weight excluding hydrogens is 198 g/mol. The average Bonchev–Trinajstić information content (AvgIpc) is 1.77. The van der Waals surface area contributed by atoms with Crippen LogP contribution in [0.2, 0.25) is 0 Å². The first-order valence-corrected chi connectivity index (χ1v) is 2.23. The number of rotatable bonds is 0. The van der Waals surface area contributed by atoms with Crippen molar-refractivity contribution in [2.24, 2.45) is 0 Å². The summed E-state index contributed by atoms with van der Waals surface area (Å²) in [6.07, 6.45) is 0. The van der Waals surface area contributed by atoms with E-state index in [2.05, 4.69) is 0 Å². The fraction of sp³-hybridized carbons (Fsp3) is 0. The van der Waals surface area contributed by atoms with Crippen molar-refractivity contribution in [3.8, 4) is 5.75 Å². The zero-order valence-electron chi connectivity index (χ0n) is 4.63. The Balaban J connectivity index is 0.000000640. The van der Waals surface area contributed by atoms with Crippen molar-refractivity contribution < 1.29 is 35.7 Å². The van der Waals surface area contributed by atoms with E-state index in [1.54, 1.807) is 0 Å². The van der Waals surface area contributed by atoms with E-state index in [1.807, 2.05) is 0 Å². The van der Waals surface area contributed by atoms with Crippen LogP contribution in [0.25, 0.3) is 0 Å². The summed E-state index contributed by atoms with van der Waals surface area (Å²) >= 11 is 0. The van der Waals surface area contributed by atoms with Gasteiger partial charge in [0.25, 0.3) is 0 Å². The molecule has 0 saturated carbocycles. The van der Waals surface area contributed by atoms with Gasteiger partial charge in [-0.2, -0.15) is 0 Å². The molecule has 1 aromatic rings. The molecule has 1 rings (SSSR count). The summed E-state index contributed by atoms with van der Waals surface area (Å²) in [6, 6.07) is 5.01. The van der Waals surface area contributed by atoms with Crippen LogP contribution >= 0.6 is 0 Å². The molecule has 3 heteroatoms. The van der Waals surface area contributed by atoms with Crippen LogP contribution in [0.15, 0.2) is 24.3 Å². The van der Waals surface area contributed by atoms with Crippen molar-refractivity contribution in [2.75, 3.05) is 0 Å². The Morgan fingerprint density at radius 3 is 1.89 bits per heavy atom. The minimum absolute atomic E-state index is 0. The van der Waals surface area contributed by atoms with Crippen LogP contribution < -0.4 is 0 Å². The maximum absolute atomic E-state index is 12.0. The summed E-state index contributed by atoms with van der Waals surface area (Å²) in [5.74, 6) is -0.241. The molecule has 1 aromatic carbocycles. The van der Waals surface area contributed by atoms with Gasteiger partial charge in [0.05, 0.1) is 0 Å². The third kappa shape index (κ3) is 2.76. The van der Waals surface area contributed by atoms with Gasteiger partial charge in [0, 0.05) is 26.2 Å². The smallest absolute Gasteiger partial charge is 0.123 e. The third-order valence-electron chi connectivity index (χ3n) is 0.827. The van der Waals surface area contributed by atoms with Gasteiger partial charge in [-0.1, -0.05) is 0 Å². The fourth-order valence-corrected chi connectivity index (χ4v) is 0.441. The van der Waals surface area contributed by atoms with Crippen molar-refractivity contribution >= 4 is 0 Å². The SMILES string of the molecule is Oc1ccc(F)cc1.[Zr]. The fourth-order valence-electron chi connectivity index (χ4n) is 0.441. The van der Waals surface area contributed by atoms with Gasteiger partial charge >= 0.3 is 0 Å². The predicted octanol–water partition coefficient (Wildman–Crippen LogP) is 1.53. The van der Waals surface area contributed by atoms with Crippen LogP contribution in [-0.4, -0.2) is 5.11 Å². The first-order chi connectivity index (χ1) is 3.79.